The first-order chi connectivity index (χ1) is 7.27. The normalized spacial score (nSPS) is 10.5. The van der Waals surface area contributed by atoms with Crippen LogP contribution in [0, 0.1) is 0 Å². The number of pyridine rings is 1. The molecular weight excluding hydrogens is 194 g/mol. The third-order valence-corrected chi connectivity index (χ3v) is 2.21. The monoisotopic (exact) mass is 205 g/mol. The molecule has 2 N–H and O–H groups in total. The van der Waals surface area contributed by atoms with E-state index in [1.165, 1.54) is 7.11 Å². The molecule has 0 atom stereocenters. The number of hydrogen-bond donors (Lipinski definition) is 1. The molecule has 5 heteroatoms. The molecule has 0 aliphatic carbocycles. The number of hydrogen-bond acceptors (Lipinski definition) is 4. The number of nitrogens with two attached hydrogens (primary N) is 1. The maximum Gasteiger partial charge on any atom is 0.355 e. The molecule has 2 rings (SSSR count). The molecule has 0 amide bonds. The van der Waals surface area contributed by atoms with Crippen molar-refractivity contribution in [1.82, 2.24) is 9.38 Å². The first-order valence-electron chi connectivity index (χ1n) is 4.51. The van der Waals surface area contributed by atoms with E-state index in [0.29, 0.717) is 17.9 Å². The number of ether oxygens (including phenoxy) is 1. The van der Waals surface area contributed by atoms with Gasteiger partial charge in [0, 0.05) is 6.54 Å². The van der Waals surface area contributed by atoms with Crippen LogP contribution in [-0.4, -0.2) is 22.5 Å². The standard InChI is InChI=1S/C10H11N3O2/c1-15-10(14)8-3-2-4-9-12-6-7(5-11)13(8)9/h2-4,6H,5,11H2,1H3. The minimum Gasteiger partial charge on any atom is -0.464 e. The van der Waals surface area contributed by atoms with Crippen molar-refractivity contribution >= 4 is 11.6 Å². The van der Waals surface area contributed by atoms with Gasteiger partial charge >= 0.3 is 5.97 Å². The minimum atomic E-state index is -0.395. The van der Waals surface area contributed by atoms with Crippen LogP contribution in [0.1, 0.15) is 16.2 Å². The zero-order valence-electron chi connectivity index (χ0n) is 8.30. The molecule has 0 unspecified atom stereocenters. The van der Waals surface area contributed by atoms with Gasteiger partial charge in [0.05, 0.1) is 19.0 Å². The zero-order valence-corrected chi connectivity index (χ0v) is 8.30. The predicted octanol–water partition coefficient (Wildman–Crippen LogP) is 0.580. The van der Waals surface area contributed by atoms with Crippen molar-refractivity contribution in [1.29, 1.82) is 0 Å². The van der Waals surface area contributed by atoms with Crippen LogP contribution in [0.3, 0.4) is 0 Å². The molecular formula is C10H11N3O2. The van der Waals surface area contributed by atoms with Crippen LogP contribution in [0.2, 0.25) is 0 Å². The quantitative estimate of drug-likeness (QED) is 0.728. The summed E-state index contributed by atoms with van der Waals surface area (Å²) in [5.74, 6) is -0.395. The second kappa shape index (κ2) is 3.70. The van der Waals surface area contributed by atoms with E-state index in [2.05, 4.69) is 9.72 Å². The first-order valence-corrected chi connectivity index (χ1v) is 4.51. The van der Waals surface area contributed by atoms with Gasteiger partial charge in [0.25, 0.3) is 0 Å². The SMILES string of the molecule is COC(=O)c1cccc2ncc(CN)n12. The molecule has 0 saturated heterocycles. The molecule has 15 heavy (non-hydrogen) atoms. The smallest absolute Gasteiger partial charge is 0.355 e. The lowest BCUT2D eigenvalue weighted by atomic mass is 10.3. The largest absolute Gasteiger partial charge is 0.464 e. The van der Waals surface area contributed by atoms with Gasteiger partial charge < -0.3 is 10.5 Å². The van der Waals surface area contributed by atoms with Crippen molar-refractivity contribution in [3.05, 3.63) is 35.8 Å². The number of fused-ring (bicyclic) bond motifs is 1. The van der Waals surface area contributed by atoms with Crippen LogP contribution in [0.4, 0.5) is 0 Å². The average molecular weight is 205 g/mol. The first kappa shape index (κ1) is 9.67. The Balaban J connectivity index is 2.72. The number of imidazole rings is 1. The van der Waals surface area contributed by atoms with Crippen LogP contribution in [-0.2, 0) is 11.3 Å². The number of carbonyl (C=O) groups is 1. The Hall–Kier alpha value is -1.88. The van der Waals surface area contributed by atoms with E-state index in [1.54, 1.807) is 22.7 Å². The third-order valence-electron chi connectivity index (χ3n) is 2.21. The van der Waals surface area contributed by atoms with E-state index in [1.807, 2.05) is 6.07 Å². The molecule has 2 aromatic rings. The predicted molar refractivity (Wildman–Crippen MR) is 54.4 cm³/mol. The summed E-state index contributed by atoms with van der Waals surface area (Å²) in [6.07, 6.45) is 1.65. The number of rotatable bonds is 2. The summed E-state index contributed by atoms with van der Waals surface area (Å²) in [6.45, 7) is 0.329. The van der Waals surface area contributed by atoms with Crippen molar-refractivity contribution in [2.75, 3.05) is 7.11 Å². The van der Waals surface area contributed by atoms with E-state index < -0.39 is 5.97 Å². The molecule has 2 heterocycles. The Morgan fingerprint density at radius 3 is 3.07 bits per heavy atom. The molecule has 0 radical (unpaired) electrons. The van der Waals surface area contributed by atoms with Gasteiger partial charge in [-0.25, -0.2) is 9.78 Å². The molecule has 5 nitrogen and oxygen atoms in total. The number of methoxy groups -OCH3 is 1. The van der Waals surface area contributed by atoms with Crippen molar-refractivity contribution < 1.29 is 9.53 Å². The summed E-state index contributed by atoms with van der Waals surface area (Å²) in [5.41, 5.74) is 7.47. The van der Waals surface area contributed by atoms with Gasteiger partial charge in [-0.1, -0.05) is 6.07 Å². The average Bonchev–Trinajstić information content (AvgIpc) is 2.70. The van der Waals surface area contributed by atoms with E-state index in [4.69, 9.17) is 5.73 Å². The molecule has 0 aromatic carbocycles. The fourth-order valence-corrected chi connectivity index (χ4v) is 1.51. The Morgan fingerprint density at radius 2 is 2.40 bits per heavy atom. The fraction of sp³-hybridized carbons (Fsp3) is 0.200. The van der Waals surface area contributed by atoms with Crippen LogP contribution >= 0.6 is 0 Å². The highest BCUT2D eigenvalue weighted by atomic mass is 16.5. The summed E-state index contributed by atoms with van der Waals surface area (Å²) in [6, 6.07) is 5.25. The maximum atomic E-state index is 11.5. The van der Waals surface area contributed by atoms with Crippen molar-refractivity contribution in [2.24, 2.45) is 5.73 Å². The van der Waals surface area contributed by atoms with Crippen molar-refractivity contribution in [3.8, 4) is 0 Å². The van der Waals surface area contributed by atoms with E-state index in [-0.39, 0.29) is 0 Å². The lowest BCUT2D eigenvalue weighted by Gasteiger charge is -2.05. The van der Waals surface area contributed by atoms with Gasteiger partial charge in [-0.2, -0.15) is 0 Å². The molecule has 78 valence electrons. The lowest BCUT2D eigenvalue weighted by molar-refractivity contribution is 0.0592. The topological polar surface area (TPSA) is 69.6 Å². The van der Waals surface area contributed by atoms with Crippen LogP contribution in [0.25, 0.3) is 5.65 Å². The highest BCUT2D eigenvalue weighted by Gasteiger charge is 2.12. The minimum absolute atomic E-state index is 0.329. The Morgan fingerprint density at radius 1 is 1.60 bits per heavy atom. The molecule has 0 bridgehead atoms. The highest BCUT2D eigenvalue weighted by Crippen LogP contribution is 2.11. The number of esters is 1. The van der Waals surface area contributed by atoms with Gasteiger partial charge in [0.2, 0.25) is 0 Å². The van der Waals surface area contributed by atoms with Gasteiger partial charge in [-0.15, -0.1) is 0 Å². The fourth-order valence-electron chi connectivity index (χ4n) is 1.51. The second-order valence-corrected chi connectivity index (χ2v) is 3.05. The second-order valence-electron chi connectivity index (χ2n) is 3.05. The Kier molecular flexibility index (Phi) is 2.39. The van der Waals surface area contributed by atoms with Crippen LogP contribution in [0.5, 0.6) is 0 Å². The van der Waals surface area contributed by atoms with Gasteiger partial charge in [0.1, 0.15) is 11.3 Å². The molecule has 0 spiro atoms. The van der Waals surface area contributed by atoms with Gasteiger partial charge in [0.15, 0.2) is 0 Å². The summed E-state index contributed by atoms with van der Waals surface area (Å²) in [4.78, 5) is 15.6. The number of nitrogens with zero attached hydrogens (tertiary/aromatic N) is 2. The van der Waals surface area contributed by atoms with Crippen molar-refractivity contribution in [2.45, 2.75) is 6.54 Å². The van der Waals surface area contributed by atoms with Gasteiger partial charge in [-0.3, -0.25) is 4.40 Å². The Labute approximate surface area is 86.5 Å². The van der Waals surface area contributed by atoms with E-state index in [9.17, 15) is 4.79 Å². The highest BCUT2D eigenvalue weighted by molar-refractivity contribution is 5.88. The molecule has 2 aromatic heterocycles. The van der Waals surface area contributed by atoms with E-state index in [0.717, 1.165) is 5.69 Å². The summed E-state index contributed by atoms with van der Waals surface area (Å²) >= 11 is 0. The summed E-state index contributed by atoms with van der Waals surface area (Å²) in [7, 11) is 1.35. The van der Waals surface area contributed by atoms with E-state index >= 15 is 0 Å². The summed E-state index contributed by atoms with van der Waals surface area (Å²) < 4.78 is 6.39. The molecule has 0 fully saturated rings. The lowest BCUT2D eigenvalue weighted by Crippen LogP contribution is -2.11. The van der Waals surface area contributed by atoms with Gasteiger partial charge in [-0.05, 0) is 12.1 Å². The van der Waals surface area contributed by atoms with Crippen LogP contribution in [0.15, 0.2) is 24.4 Å². The van der Waals surface area contributed by atoms with Crippen LogP contribution < -0.4 is 5.73 Å². The number of carbonyl (C=O) groups excluding carboxylic acids is 1. The Bertz CT molecular complexity index is 504. The maximum absolute atomic E-state index is 11.5. The number of aromatic nitrogens is 2. The van der Waals surface area contributed by atoms with Crippen molar-refractivity contribution in [3.63, 3.8) is 0 Å². The molecule has 0 aliphatic heterocycles. The third kappa shape index (κ3) is 1.46. The zero-order chi connectivity index (χ0) is 10.8. The summed E-state index contributed by atoms with van der Waals surface area (Å²) in [5, 5.41) is 0. The molecule has 0 saturated carbocycles. The molecule has 0 aliphatic rings.